The van der Waals surface area contributed by atoms with Crippen LogP contribution in [0.2, 0.25) is 0 Å². The van der Waals surface area contributed by atoms with Gasteiger partial charge in [-0.05, 0) is 25.0 Å². The maximum absolute atomic E-state index is 13.3. The molecule has 1 aromatic carbocycles. The Hall–Kier alpha value is -1.53. The van der Waals surface area contributed by atoms with Gasteiger partial charge in [0.1, 0.15) is 6.10 Å². The molecule has 0 radical (unpaired) electrons. The molecule has 6 heteroatoms. The number of hydrogen-bond donors (Lipinski definition) is 0. The summed E-state index contributed by atoms with van der Waals surface area (Å²) in [5.74, 6) is -2.79. The third-order valence-corrected chi connectivity index (χ3v) is 5.13. The number of carbonyl (C=O) groups excluding carboxylic acids is 1. The van der Waals surface area contributed by atoms with Crippen LogP contribution in [0.4, 0.5) is 8.78 Å². The summed E-state index contributed by atoms with van der Waals surface area (Å²) in [5, 5.41) is 0. The molecule has 0 bridgehead atoms. The Morgan fingerprint density at radius 1 is 1.24 bits per heavy atom. The first-order valence-electron chi connectivity index (χ1n) is 8.91. The van der Waals surface area contributed by atoms with Crippen molar-refractivity contribution in [3.05, 3.63) is 34.9 Å². The van der Waals surface area contributed by atoms with Gasteiger partial charge in [-0.2, -0.15) is 0 Å². The molecule has 2 aliphatic rings. The predicted molar refractivity (Wildman–Crippen MR) is 91.7 cm³/mol. The number of likely N-dealkylation sites (tertiary alicyclic amines) is 1. The van der Waals surface area contributed by atoms with E-state index in [0.29, 0.717) is 13.2 Å². The molecule has 0 saturated carbocycles. The number of nitrogens with zero attached hydrogens (tertiary/aromatic N) is 2. The van der Waals surface area contributed by atoms with Crippen molar-refractivity contribution in [1.29, 1.82) is 0 Å². The number of aryl methyl sites for hydroxylation is 2. The molecule has 0 aromatic heterocycles. The van der Waals surface area contributed by atoms with Gasteiger partial charge in [0.2, 0.25) is 0 Å². The van der Waals surface area contributed by atoms with E-state index in [1.54, 1.807) is 0 Å². The zero-order valence-corrected chi connectivity index (χ0v) is 14.9. The highest BCUT2D eigenvalue weighted by Gasteiger charge is 2.38. The van der Waals surface area contributed by atoms with Crippen molar-refractivity contribution in [2.75, 3.05) is 32.8 Å². The number of hydrogen-bond acceptors (Lipinski definition) is 3. The zero-order chi connectivity index (χ0) is 18.0. The van der Waals surface area contributed by atoms with Gasteiger partial charge in [0, 0.05) is 45.6 Å². The largest absolute Gasteiger partial charge is 0.366 e. The number of morpholine rings is 1. The zero-order valence-electron chi connectivity index (χ0n) is 14.9. The fraction of sp³-hybridized carbons (Fsp3) is 0.632. The van der Waals surface area contributed by atoms with Gasteiger partial charge in [0.25, 0.3) is 11.8 Å². The average molecular weight is 352 g/mol. The molecule has 25 heavy (non-hydrogen) atoms. The minimum atomic E-state index is -2.64. The Morgan fingerprint density at radius 3 is 2.68 bits per heavy atom. The molecule has 0 spiro atoms. The standard InChI is InChI=1S/C19H26F2N2O2/c1-14-3-4-15(2)16(11-14)12-22-9-10-25-17(13-22)18(24)23-7-5-19(20,21)6-8-23/h3-4,11,17H,5-10,12-13H2,1-2H3. The summed E-state index contributed by atoms with van der Waals surface area (Å²) in [6.45, 7) is 6.94. The van der Waals surface area contributed by atoms with Crippen molar-refractivity contribution in [1.82, 2.24) is 9.80 Å². The summed E-state index contributed by atoms with van der Waals surface area (Å²) in [4.78, 5) is 16.4. The molecule has 2 aliphatic heterocycles. The minimum absolute atomic E-state index is 0.114. The van der Waals surface area contributed by atoms with Crippen LogP contribution in [-0.4, -0.2) is 60.5 Å². The molecule has 1 aromatic rings. The van der Waals surface area contributed by atoms with Crippen LogP contribution in [0, 0.1) is 13.8 Å². The molecular formula is C19H26F2N2O2. The number of piperidine rings is 1. The van der Waals surface area contributed by atoms with Crippen LogP contribution < -0.4 is 0 Å². The molecule has 1 unspecified atom stereocenters. The van der Waals surface area contributed by atoms with Crippen LogP contribution >= 0.6 is 0 Å². The third kappa shape index (κ3) is 4.55. The lowest BCUT2D eigenvalue weighted by Gasteiger charge is -2.37. The van der Waals surface area contributed by atoms with Crippen molar-refractivity contribution in [2.24, 2.45) is 0 Å². The molecular weight excluding hydrogens is 326 g/mol. The van der Waals surface area contributed by atoms with E-state index in [2.05, 4.69) is 36.9 Å². The van der Waals surface area contributed by atoms with E-state index in [0.717, 1.165) is 13.1 Å². The molecule has 1 amide bonds. The van der Waals surface area contributed by atoms with Crippen LogP contribution in [0.15, 0.2) is 18.2 Å². The number of rotatable bonds is 3. The second-order valence-corrected chi connectivity index (χ2v) is 7.21. The Kier molecular flexibility index (Phi) is 5.39. The first kappa shape index (κ1) is 18.3. The van der Waals surface area contributed by atoms with Gasteiger partial charge in [-0.15, -0.1) is 0 Å². The van der Waals surface area contributed by atoms with Crippen molar-refractivity contribution in [2.45, 2.75) is 45.3 Å². The quantitative estimate of drug-likeness (QED) is 0.839. The second-order valence-electron chi connectivity index (χ2n) is 7.21. The molecule has 2 saturated heterocycles. The Balaban J connectivity index is 1.59. The van der Waals surface area contributed by atoms with E-state index < -0.39 is 12.0 Å². The Labute approximate surface area is 147 Å². The summed E-state index contributed by atoms with van der Waals surface area (Å²) >= 11 is 0. The summed E-state index contributed by atoms with van der Waals surface area (Å²) in [5.41, 5.74) is 3.71. The molecule has 2 heterocycles. The molecule has 4 nitrogen and oxygen atoms in total. The third-order valence-electron chi connectivity index (χ3n) is 5.13. The van der Waals surface area contributed by atoms with E-state index in [4.69, 9.17) is 4.74 Å². The first-order chi connectivity index (χ1) is 11.8. The summed E-state index contributed by atoms with van der Waals surface area (Å²) in [7, 11) is 0. The number of carbonyl (C=O) groups is 1. The summed E-state index contributed by atoms with van der Waals surface area (Å²) < 4.78 is 32.2. The topological polar surface area (TPSA) is 32.8 Å². The Morgan fingerprint density at radius 2 is 1.96 bits per heavy atom. The average Bonchev–Trinajstić information content (AvgIpc) is 2.58. The SMILES string of the molecule is Cc1ccc(C)c(CN2CCOC(C(=O)N3CCC(F)(F)CC3)C2)c1. The van der Waals surface area contributed by atoms with Gasteiger partial charge < -0.3 is 9.64 Å². The Bertz CT molecular complexity index is 626. The molecule has 1 atom stereocenters. The molecule has 138 valence electrons. The normalized spacial score (nSPS) is 24.3. The van der Waals surface area contributed by atoms with Gasteiger partial charge in [-0.25, -0.2) is 8.78 Å². The van der Waals surface area contributed by atoms with E-state index in [1.165, 1.54) is 21.6 Å². The van der Waals surface area contributed by atoms with Gasteiger partial charge >= 0.3 is 0 Å². The number of alkyl halides is 2. The van der Waals surface area contributed by atoms with Gasteiger partial charge in [-0.3, -0.25) is 9.69 Å². The second kappa shape index (κ2) is 7.38. The summed E-state index contributed by atoms with van der Waals surface area (Å²) in [6.07, 6.45) is -1.06. The van der Waals surface area contributed by atoms with Crippen molar-refractivity contribution in [3.63, 3.8) is 0 Å². The van der Waals surface area contributed by atoms with Crippen LogP contribution in [0.25, 0.3) is 0 Å². The van der Waals surface area contributed by atoms with E-state index in [-0.39, 0.29) is 31.8 Å². The smallest absolute Gasteiger partial charge is 0.253 e. The maximum Gasteiger partial charge on any atom is 0.253 e. The van der Waals surface area contributed by atoms with Crippen molar-refractivity contribution >= 4 is 5.91 Å². The van der Waals surface area contributed by atoms with Crippen LogP contribution in [-0.2, 0) is 16.1 Å². The number of amides is 1. The lowest BCUT2D eigenvalue weighted by molar-refractivity contribution is -0.155. The van der Waals surface area contributed by atoms with Gasteiger partial charge in [0.15, 0.2) is 0 Å². The number of halogens is 2. The number of benzene rings is 1. The van der Waals surface area contributed by atoms with Gasteiger partial charge in [0.05, 0.1) is 6.61 Å². The van der Waals surface area contributed by atoms with E-state index >= 15 is 0 Å². The molecule has 3 rings (SSSR count). The van der Waals surface area contributed by atoms with E-state index in [1.807, 2.05) is 0 Å². The fourth-order valence-electron chi connectivity index (χ4n) is 3.46. The fourth-order valence-corrected chi connectivity index (χ4v) is 3.46. The predicted octanol–water partition coefficient (Wildman–Crippen LogP) is 2.76. The molecule has 0 N–H and O–H groups in total. The number of ether oxygens (including phenoxy) is 1. The van der Waals surface area contributed by atoms with Crippen molar-refractivity contribution < 1.29 is 18.3 Å². The van der Waals surface area contributed by atoms with Crippen LogP contribution in [0.1, 0.15) is 29.5 Å². The lowest BCUT2D eigenvalue weighted by atomic mass is 10.0. The minimum Gasteiger partial charge on any atom is -0.366 e. The van der Waals surface area contributed by atoms with Crippen molar-refractivity contribution in [3.8, 4) is 0 Å². The lowest BCUT2D eigenvalue weighted by Crippen LogP contribution is -2.53. The highest BCUT2D eigenvalue weighted by atomic mass is 19.3. The highest BCUT2D eigenvalue weighted by molar-refractivity contribution is 5.81. The highest BCUT2D eigenvalue weighted by Crippen LogP contribution is 2.28. The summed E-state index contributed by atoms with van der Waals surface area (Å²) in [6, 6.07) is 6.38. The monoisotopic (exact) mass is 352 g/mol. The van der Waals surface area contributed by atoms with Crippen LogP contribution in [0.3, 0.4) is 0 Å². The molecule has 0 aliphatic carbocycles. The van der Waals surface area contributed by atoms with Crippen LogP contribution in [0.5, 0.6) is 0 Å². The molecule has 2 fully saturated rings. The maximum atomic E-state index is 13.3. The van der Waals surface area contributed by atoms with E-state index in [9.17, 15) is 13.6 Å². The first-order valence-corrected chi connectivity index (χ1v) is 8.91. The van der Waals surface area contributed by atoms with Gasteiger partial charge in [-0.1, -0.05) is 23.8 Å².